The van der Waals surface area contributed by atoms with Crippen LogP contribution >= 0.6 is 15.9 Å². The Hall–Kier alpha value is -1.37. The van der Waals surface area contributed by atoms with Gasteiger partial charge in [-0.3, -0.25) is 4.79 Å². The molecule has 7 heteroatoms. The highest BCUT2D eigenvalue weighted by atomic mass is 79.9. The zero-order valence-corrected chi connectivity index (χ0v) is 11.5. The van der Waals surface area contributed by atoms with E-state index in [9.17, 15) is 4.79 Å². The first-order valence-electron chi connectivity index (χ1n) is 5.38. The number of likely N-dealkylation sites (N-methyl/N-ethyl adjacent to an activating group) is 2. The Balaban J connectivity index is 2.82. The van der Waals surface area contributed by atoms with Crippen LogP contribution in [0.5, 0.6) is 0 Å². The number of nitrogens with one attached hydrogen (secondary N) is 1. The molecule has 0 saturated heterocycles. The number of nitrogens with two attached hydrogens (primary N) is 1. The molecule has 0 atom stereocenters. The van der Waals surface area contributed by atoms with Gasteiger partial charge in [-0.2, -0.15) is 4.98 Å². The lowest BCUT2D eigenvalue weighted by molar-refractivity contribution is -0.119. The summed E-state index contributed by atoms with van der Waals surface area (Å²) in [6.07, 6.45) is 0. The second-order valence-electron chi connectivity index (χ2n) is 3.38. The van der Waals surface area contributed by atoms with E-state index >= 15 is 0 Å². The lowest BCUT2D eigenvalue weighted by Crippen LogP contribution is -2.38. The molecular weight excluding hydrogens is 286 g/mol. The van der Waals surface area contributed by atoms with Crippen LogP contribution in [0.4, 0.5) is 11.8 Å². The average molecular weight is 302 g/mol. The molecule has 1 rings (SSSR count). The van der Waals surface area contributed by atoms with Gasteiger partial charge in [-0.15, -0.1) is 0 Å². The van der Waals surface area contributed by atoms with Gasteiger partial charge >= 0.3 is 0 Å². The molecule has 0 aliphatic rings. The summed E-state index contributed by atoms with van der Waals surface area (Å²) in [6.45, 7) is 5.27. The number of hydrogen-bond acceptors (Lipinski definition) is 5. The summed E-state index contributed by atoms with van der Waals surface area (Å²) in [7, 11) is 0. The van der Waals surface area contributed by atoms with E-state index in [2.05, 4.69) is 31.2 Å². The lowest BCUT2D eigenvalue weighted by atomic mass is 10.4. The molecule has 0 bridgehead atoms. The van der Waals surface area contributed by atoms with Gasteiger partial charge < -0.3 is 16.0 Å². The average Bonchev–Trinajstić information content (AvgIpc) is 2.24. The molecule has 1 aromatic rings. The number of nitrogen functional groups attached to an aromatic ring is 1. The van der Waals surface area contributed by atoms with Gasteiger partial charge in [-0.05, 0) is 29.8 Å². The van der Waals surface area contributed by atoms with Crippen molar-refractivity contribution in [3.8, 4) is 0 Å². The van der Waals surface area contributed by atoms with Crippen molar-refractivity contribution >= 4 is 33.6 Å². The van der Waals surface area contributed by atoms with Crippen LogP contribution < -0.4 is 16.0 Å². The maximum absolute atomic E-state index is 11.5. The molecule has 1 aromatic heterocycles. The first-order valence-corrected chi connectivity index (χ1v) is 6.17. The summed E-state index contributed by atoms with van der Waals surface area (Å²) < 4.78 is 0.606. The van der Waals surface area contributed by atoms with Crippen molar-refractivity contribution in [3.05, 3.63) is 10.7 Å². The Morgan fingerprint density at radius 1 is 1.53 bits per heavy atom. The number of amides is 1. The molecule has 6 nitrogen and oxygen atoms in total. The van der Waals surface area contributed by atoms with Crippen LogP contribution in [-0.2, 0) is 4.79 Å². The number of anilines is 2. The minimum Gasteiger partial charge on any atom is -0.383 e. The summed E-state index contributed by atoms with van der Waals surface area (Å²) in [4.78, 5) is 21.6. The number of hydrogen-bond donors (Lipinski definition) is 2. The number of carbonyl (C=O) groups excluding carboxylic acids is 1. The molecule has 1 amide bonds. The normalized spacial score (nSPS) is 10.1. The molecule has 0 unspecified atom stereocenters. The van der Waals surface area contributed by atoms with Crippen LogP contribution in [0.25, 0.3) is 0 Å². The van der Waals surface area contributed by atoms with Crippen LogP contribution in [0.2, 0.25) is 0 Å². The fourth-order valence-electron chi connectivity index (χ4n) is 1.31. The highest BCUT2D eigenvalue weighted by Crippen LogP contribution is 2.15. The maximum Gasteiger partial charge on any atom is 0.239 e. The quantitative estimate of drug-likeness (QED) is 0.785. The van der Waals surface area contributed by atoms with Gasteiger partial charge in [0.2, 0.25) is 11.9 Å². The summed E-state index contributed by atoms with van der Waals surface area (Å²) in [5, 5.41) is 2.73. The van der Waals surface area contributed by atoms with E-state index in [-0.39, 0.29) is 12.5 Å². The molecule has 0 aromatic carbocycles. The maximum atomic E-state index is 11.5. The summed E-state index contributed by atoms with van der Waals surface area (Å²) in [5.74, 6) is 0.762. The minimum absolute atomic E-state index is 0.0588. The van der Waals surface area contributed by atoms with Crippen molar-refractivity contribution in [2.75, 3.05) is 30.3 Å². The van der Waals surface area contributed by atoms with Gasteiger partial charge in [-0.25, -0.2) is 4.98 Å². The van der Waals surface area contributed by atoms with Crippen LogP contribution in [0.15, 0.2) is 10.7 Å². The van der Waals surface area contributed by atoms with Crippen molar-refractivity contribution in [2.24, 2.45) is 0 Å². The van der Waals surface area contributed by atoms with E-state index in [1.54, 1.807) is 11.0 Å². The Morgan fingerprint density at radius 2 is 2.24 bits per heavy atom. The Morgan fingerprint density at radius 3 is 2.76 bits per heavy atom. The molecule has 0 saturated carbocycles. The third-order valence-electron chi connectivity index (χ3n) is 2.08. The van der Waals surface area contributed by atoms with Crippen molar-refractivity contribution in [2.45, 2.75) is 13.8 Å². The second-order valence-corrected chi connectivity index (χ2v) is 4.20. The standard InChI is InChI=1S/C10H16BrN5O/c1-3-13-9(17)6-16(4-2)10-14-7(11)5-8(12)15-10/h5H,3-4,6H2,1-2H3,(H,13,17)(H2,12,14,15). The molecule has 0 fully saturated rings. The monoisotopic (exact) mass is 301 g/mol. The minimum atomic E-state index is -0.0588. The van der Waals surface area contributed by atoms with E-state index in [4.69, 9.17) is 5.73 Å². The van der Waals surface area contributed by atoms with Crippen LogP contribution in [-0.4, -0.2) is 35.5 Å². The summed E-state index contributed by atoms with van der Waals surface area (Å²) in [5.41, 5.74) is 5.63. The van der Waals surface area contributed by atoms with Gasteiger partial charge in [0.1, 0.15) is 10.4 Å². The van der Waals surface area contributed by atoms with Crippen molar-refractivity contribution in [1.82, 2.24) is 15.3 Å². The Labute approximate surface area is 109 Å². The molecule has 0 radical (unpaired) electrons. The molecule has 94 valence electrons. The fraction of sp³-hybridized carbons (Fsp3) is 0.500. The van der Waals surface area contributed by atoms with Crippen molar-refractivity contribution in [1.29, 1.82) is 0 Å². The third kappa shape index (κ3) is 4.18. The molecule has 0 spiro atoms. The van der Waals surface area contributed by atoms with E-state index in [1.807, 2.05) is 13.8 Å². The molecule has 0 aliphatic carbocycles. The summed E-state index contributed by atoms with van der Waals surface area (Å²) >= 11 is 3.25. The number of carbonyl (C=O) groups is 1. The molecule has 17 heavy (non-hydrogen) atoms. The Bertz CT molecular complexity index is 378. The van der Waals surface area contributed by atoms with E-state index in [0.717, 1.165) is 0 Å². The molecule has 0 aliphatic heterocycles. The zero-order valence-electron chi connectivity index (χ0n) is 9.90. The van der Waals surface area contributed by atoms with Crippen molar-refractivity contribution in [3.63, 3.8) is 0 Å². The van der Waals surface area contributed by atoms with E-state index in [0.29, 0.717) is 29.5 Å². The Kier molecular flexibility index (Phi) is 5.14. The van der Waals surface area contributed by atoms with Gasteiger partial charge in [0.15, 0.2) is 0 Å². The van der Waals surface area contributed by atoms with Crippen molar-refractivity contribution < 1.29 is 4.79 Å². The fourth-order valence-corrected chi connectivity index (χ4v) is 1.71. The predicted molar refractivity (Wildman–Crippen MR) is 70.7 cm³/mol. The largest absolute Gasteiger partial charge is 0.383 e. The van der Waals surface area contributed by atoms with Gasteiger partial charge in [0.05, 0.1) is 6.54 Å². The van der Waals surface area contributed by atoms with Gasteiger partial charge in [0, 0.05) is 19.2 Å². The van der Waals surface area contributed by atoms with Gasteiger partial charge in [0.25, 0.3) is 0 Å². The van der Waals surface area contributed by atoms with Crippen LogP contribution in [0, 0.1) is 0 Å². The number of halogens is 1. The number of aromatic nitrogens is 2. The number of rotatable bonds is 5. The third-order valence-corrected chi connectivity index (χ3v) is 2.48. The predicted octanol–water partition coefficient (Wildman–Crippen LogP) is 0.784. The first-order chi connectivity index (χ1) is 8.06. The molecular formula is C10H16BrN5O. The second kappa shape index (κ2) is 6.39. The first kappa shape index (κ1) is 13.7. The lowest BCUT2D eigenvalue weighted by Gasteiger charge is -2.20. The molecule has 1 heterocycles. The smallest absolute Gasteiger partial charge is 0.239 e. The van der Waals surface area contributed by atoms with Gasteiger partial charge in [-0.1, -0.05) is 0 Å². The SMILES string of the molecule is CCNC(=O)CN(CC)c1nc(N)cc(Br)n1. The summed E-state index contributed by atoms with van der Waals surface area (Å²) in [6, 6.07) is 1.61. The zero-order chi connectivity index (χ0) is 12.8. The highest BCUT2D eigenvalue weighted by molar-refractivity contribution is 9.10. The number of nitrogens with zero attached hydrogens (tertiary/aromatic N) is 3. The topological polar surface area (TPSA) is 84.1 Å². The van der Waals surface area contributed by atoms with Crippen LogP contribution in [0.1, 0.15) is 13.8 Å². The highest BCUT2D eigenvalue weighted by Gasteiger charge is 2.13. The van der Waals surface area contributed by atoms with Crippen LogP contribution in [0.3, 0.4) is 0 Å². The molecule has 3 N–H and O–H groups in total. The van der Waals surface area contributed by atoms with E-state index in [1.165, 1.54) is 0 Å². The van der Waals surface area contributed by atoms with E-state index < -0.39 is 0 Å².